The van der Waals surface area contributed by atoms with Crippen molar-refractivity contribution in [2.45, 2.75) is 68.4 Å². The number of hydrogen-bond donors (Lipinski definition) is 2. The molecule has 2 N–H and O–H groups in total. The van der Waals surface area contributed by atoms with Gasteiger partial charge >= 0.3 is 11.3 Å². The van der Waals surface area contributed by atoms with Gasteiger partial charge in [0.15, 0.2) is 0 Å². The molecule has 1 fully saturated rings. The van der Waals surface area contributed by atoms with Crippen LogP contribution in [0.4, 0.5) is 19.5 Å². The van der Waals surface area contributed by atoms with Gasteiger partial charge in [-0.1, -0.05) is 12.1 Å². The molecule has 9 nitrogen and oxygen atoms in total. The predicted octanol–water partition coefficient (Wildman–Crippen LogP) is 3.41. The summed E-state index contributed by atoms with van der Waals surface area (Å²) in [5.41, 5.74) is 1.57. The molecule has 2 aliphatic rings. The van der Waals surface area contributed by atoms with E-state index >= 15 is 0 Å². The van der Waals surface area contributed by atoms with Crippen molar-refractivity contribution >= 4 is 21.8 Å². The predicted molar refractivity (Wildman–Crippen MR) is 125 cm³/mol. The number of sulfone groups is 1. The van der Waals surface area contributed by atoms with E-state index in [1.54, 1.807) is 11.1 Å². The van der Waals surface area contributed by atoms with Gasteiger partial charge < -0.3 is 20.3 Å². The molecular formula is C23H29F2N5O4S. The van der Waals surface area contributed by atoms with E-state index in [1.165, 1.54) is 12.1 Å². The number of anilines is 1. The van der Waals surface area contributed by atoms with Crippen molar-refractivity contribution in [1.29, 1.82) is 0 Å². The Hall–Kier alpha value is -2.86. The first kappa shape index (κ1) is 25.2. The Bertz CT molecular complexity index is 1190. The van der Waals surface area contributed by atoms with E-state index in [4.69, 9.17) is 4.74 Å². The standard InChI is InChI=1S/C23H29F2N5O4S/c1-22(2)18-13-26-20(28-16-8-10-34-11-9-16)29-19(18)14-30(22)21(31)27-12-15-4-6-17(7-5-15)35(32,33)23(3,24)25/h4-7,13,16H,8-12,14H2,1-3H3,(H,27,31)(H,26,28,29). The molecule has 0 spiro atoms. The van der Waals surface area contributed by atoms with Gasteiger partial charge in [0.2, 0.25) is 15.8 Å². The molecule has 35 heavy (non-hydrogen) atoms. The highest BCUT2D eigenvalue weighted by Gasteiger charge is 2.42. The number of carbonyl (C=O) groups is 1. The summed E-state index contributed by atoms with van der Waals surface area (Å²) >= 11 is 0. The normalized spacial score (nSPS) is 18.3. The number of rotatable bonds is 6. The fraction of sp³-hybridized carbons (Fsp3) is 0.522. The molecule has 0 bridgehead atoms. The second-order valence-electron chi connectivity index (χ2n) is 9.34. The second kappa shape index (κ2) is 9.30. The quantitative estimate of drug-likeness (QED) is 0.614. The average molecular weight is 510 g/mol. The Kier molecular flexibility index (Phi) is 6.71. The zero-order valence-corrected chi connectivity index (χ0v) is 20.7. The SMILES string of the molecule is CC1(C)c2cnc(NC3CCOCC3)nc2CN1C(=O)NCc1ccc(S(=O)(=O)C(C)(F)F)cc1. The zero-order chi connectivity index (χ0) is 25.4. The molecule has 4 rings (SSSR count). The molecule has 2 amide bonds. The second-order valence-corrected chi connectivity index (χ2v) is 11.5. The van der Waals surface area contributed by atoms with Crippen molar-refractivity contribution < 1.29 is 26.7 Å². The minimum absolute atomic E-state index is 0.104. The van der Waals surface area contributed by atoms with E-state index in [0.29, 0.717) is 38.2 Å². The fourth-order valence-electron chi connectivity index (χ4n) is 4.23. The number of hydrogen-bond acceptors (Lipinski definition) is 7. The maximum absolute atomic E-state index is 13.4. The van der Waals surface area contributed by atoms with E-state index in [0.717, 1.165) is 36.2 Å². The van der Waals surface area contributed by atoms with E-state index in [9.17, 15) is 22.0 Å². The number of halogens is 2. The van der Waals surface area contributed by atoms with Crippen LogP contribution in [-0.2, 0) is 33.2 Å². The van der Waals surface area contributed by atoms with Gasteiger partial charge in [-0.15, -0.1) is 0 Å². The summed E-state index contributed by atoms with van der Waals surface area (Å²) in [4.78, 5) is 23.3. The van der Waals surface area contributed by atoms with Crippen LogP contribution in [0.15, 0.2) is 35.4 Å². The Balaban J connectivity index is 1.40. The molecule has 12 heteroatoms. The van der Waals surface area contributed by atoms with Gasteiger partial charge in [0.1, 0.15) is 0 Å². The van der Waals surface area contributed by atoms with Crippen molar-refractivity contribution in [2.24, 2.45) is 0 Å². The number of amides is 2. The van der Waals surface area contributed by atoms with Crippen LogP contribution in [0.5, 0.6) is 0 Å². The summed E-state index contributed by atoms with van der Waals surface area (Å²) < 4.78 is 55.9. The van der Waals surface area contributed by atoms with Crippen LogP contribution in [0, 0.1) is 0 Å². The number of carbonyl (C=O) groups excluding carboxylic acids is 1. The average Bonchev–Trinajstić information content (AvgIpc) is 3.07. The molecule has 0 unspecified atom stereocenters. The van der Waals surface area contributed by atoms with E-state index in [1.807, 2.05) is 13.8 Å². The number of fused-ring (bicyclic) bond motifs is 1. The van der Waals surface area contributed by atoms with Crippen LogP contribution in [0.2, 0.25) is 0 Å². The van der Waals surface area contributed by atoms with Gasteiger partial charge in [-0.25, -0.2) is 23.2 Å². The van der Waals surface area contributed by atoms with Crippen molar-refractivity contribution in [3.05, 3.63) is 47.3 Å². The van der Waals surface area contributed by atoms with Crippen LogP contribution in [0.3, 0.4) is 0 Å². The number of alkyl halides is 2. The lowest BCUT2D eigenvalue weighted by Gasteiger charge is -2.32. The number of nitrogens with zero attached hydrogens (tertiary/aromatic N) is 3. The molecule has 0 aliphatic carbocycles. The largest absolute Gasteiger partial charge is 0.381 e. The number of ether oxygens (including phenoxy) is 1. The first-order valence-corrected chi connectivity index (χ1v) is 12.9. The van der Waals surface area contributed by atoms with Crippen LogP contribution in [-0.4, -0.2) is 53.8 Å². The van der Waals surface area contributed by atoms with Gasteiger partial charge in [0.25, 0.3) is 0 Å². The lowest BCUT2D eigenvalue weighted by Crippen LogP contribution is -2.45. The Morgan fingerprint density at radius 1 is 1.23 bits per heavy atom. The topological polar surface area (TPSA) is 114 Å². The summed E-state index contributed by atoms with van der Waals surface area (Å²) in [7, 11) is -4.75. The van der Waals surface area contributed by atoms with Gasteiger partial charge in [-0.3, -0.25) is 0 Å². The van der Waals surface area contributed by atoms with Gasteiger partial charge in [0.05, 0.1) is 22.7 Å². The molecule has 1 aromatic carbocycles. The maximum Gasteiger partial charge on any atom is 0.347 e. The molecular weight excluding hydrogens is 480 g/mol. The summed E-state index contributed by atoms with van der Waals surface area (Å²) in [6.07, 6.45) is 3.52. The highest BCUT2D eigenvalue weighted by molar-refractivity contribution is 7.92. The summed E-state index contributed by atoms with van der Waals surface area (Å²) in [6.45, 7) is 5.99. The van der Waals surface area contributed by atoms with Crippen molar-refractivity contribution in [2.75, 3.05) is 18.5 Å². The van der Waals surface area contributed by atoms with E-state index < -0.39 is 25.5 Å². The molecule has 0 saturated carbocycles. The van der Waals surface area contributed by atoms with Crippen LogP contribution in [0.1, 0.15) is 50.4 Å². The molecule has 2 aliphatic heterocycles. The number of urea groups is 1. The third kappa shape index (κ3) is 5.08. The Labute approximate surface area is 203 Å². The first-order chi connectivity index (χ1) is 16.4. The van der Waals surface area contributed by atoms with Crippen molar-refractivity contribution in [3.8, 4) is 0 Å². The van der Waals surface area contributed by atoms with E-state index in [-0.39, 0.29) is 18.6 Å². The van der Waals surface area contributed by atoms with Crippen LogP contribution >= 0.6 is 0 Å². The number of nitrogens with one attached hydrogen (secondary N) is 2. The monoisotopic (exact) mass is 509 g/mol. The minimum atomic E-state index is -4.75. The highest BCUT2D eigenvalue weighted by Crippen LogP contribution is 2.38. The minimum Gasteiger partial charge on any atom is -0.381 e. The molecule has 0 atom stereocenters. The lowest BCUT2D eigenvalue weighted by atomic mass is 9.97. The zero-order valence-electron chi connectivity index (χ0n) is 19.8. The van der Waals surface area contributed by atoms with Crippen LogP contribution < -0.4 is 10.6 Å². The number of aromatic nitrogens is 2. The first-order valence-electron chi connectivity index (χ1n) is 11.4. The molecule has 190 valence electrons. The van der Waals surface area contributed by atoms with Crippen molar-refractivity contribution in [1.82, 2.24) is 20.2 Å². The van der Waals surface area contributed by atoms with Gasteiger partial charge in [-0.2, -0.15) is 8.78 Å². The molecule has 3 heterocycles. The Morgan fingerprint density at radius 2 is 1.89 bits per heavy atom. The van der Waals surface area contributed by atoms with E-state index in [2.05, 4.69) is 20.6 Å². The summed E-state index contributed by atoms with van der Waals surface area (Å²) in [6, 6.07) is 4.97. The summed E-state index contributed by atoms with van der Waals surface area (Å²) in [5, 5.41) is 2.28. The molecule has 0 radical (unpaired) electrons. The fourth-order valence-corrected chi connectivity index (χ4v) is 5.14. The molecule has 1 aromatic heterocycles. The summed E-state index contributed by atoms with van der Waals surface area (Å²) in [5.74, 6) is 0.529. The lowest BCUT2D eigenvalue weighted by molar-refractivity contribution is 0.0903. The Morgan fingerprint density at radius 3 is 2.51 bits per heavy atom. The van der Waals surface area contributed by atoms with Gasteiger partial charge in [0, 0.05) is 44.5 Å². The highest BCUT2D eigenvalue weighted by atomic mass is 32.2. The smallest absolute Gasteiger partial charge is 0.347 e. The third-order valence-corrected chi connectivity index (χ3v) is 8.29. The molecule has 2 aromatic rings. The van der Waals surface area contributed by atoms with Gasteiger partial charge in [-0.05, 0) is 44.4 Å². The van der Waals surface area contributed by atoms with Crippen molar-refractivity contribution in [3.63, 3.8) is 0 Å². The number of benzene rings is 1. The van der Waals surface area contributed by atoms with Crippen LogP contribution in [0.25, 0.3) is 0 Å². The molecule has 1 saturated heterocycles. The third-order valence-electron chi connectivity index (χ3n) is 6.46. The maximum atomic E-state index is 13.4.